The third-order valence-electron chi connectivity index (χ3n) is 2.89. The van der Waals surface area contributed by atoms with E-state index < -0.39 is 0 Å². The summed E-state index contributed by atoms with van der Waals surface area (Å²) in [5.41, 5.74) is 2.59. The van der Waals surface area contributed by atoms with Crippen LogP contribution in [0.15, 0.2) is 18.5 Å². The summed E-state index contributed by atoms with van der Waals surface area (Å²) in [6.45, 7) is 5.31. The normalized spacial score (nSPS) is 22.4. The quantitative estimate of drug-likeness (QED) is 0.907. The van der Waals surface area contributed by atoms with Crippen LogP contribution in [0.4, 0.5) is 0 Å². The summed E-state index contributed by atoms with van der Waals surface area (Å²) in [5.74, 6) is 3.82. The van der Waals surface area contributed by atoms with E-state index in [2.05, 4.69) is 53.7 Å². The fraction of sp³-hybridized carbons (Fsp3) is 0.615. The van der Waals surface area contributed by atoms with Crippen molar-refractivity contribution in [2.24, 2.45) is 0 Å². The highest BCUT2D eigenvalue weighted by atomic mass is 32.2. The maximum absolute atomic E-state index is 4.33. The van der Waals surface area contributed by atoms with Gasteiger partial charge in [-0.2, -0.15) is 23.5 Å². The fourth-order valence-electron chi connectivity index (χ4n) is 2.13. The first kappa shape index (κ1) is 13.2. The van der Waals surface area contributed by atoms with Crippen molar-refractivity contribution in [1.82, 2.24) is 10.3 Å². The lowest BCUT2D eigenvalue weighted by atomic mass is 10.0. The maximum Gasteiger partial charge on any atom is 0.0464 e. The summed E-state index contributed by atoms with van der Waals surface area (Å²) < 4.78 is 0. The molecule has 1 aliphatic rings. The zero-order chi connectivity index (χ0) is 12.1. The van der Waals surface area contributed by atoms with Crippen LogP contribution in [-0.2, 0) is 0 Å². The van der Waals surface area contributed by atoms with Crippen LogP contribution in [0.2, 0.25) is 0 Å². The monoisotopic (exact) mass is 268 g/mol. The van der Waals surface area contributed by atoms with E-state index in [4.69, 9.17) is 0 Å². The van der Waals surface area contributed by atoms with Gasteiger partial charge in [-0.3, -0.25) is 4.98 Å². The average molecular weight is 268 g/mol. The van der Waals surface area contributed by atoms with Crippen LogP contribution in [0.1, 0.15) is 24.1 Å². The van der Waals surface area contributed by atoms with Gasteiger partial charge in [0.15, 0.2) is 0 Å². The van der Waals surface area contributed by atoms with Crippen LogP contribution < -0.4 is 5.32 Å². The Kier molecular flexibility index (Phi) is 5.19. The molecule has 2 rings (SSSR count). The van der Waals surface area contributed by atoms with Crippen molar-refractivity contribution in [3.8, 4) is 0 Å². The Balaban J connectivity index is 2.15. The van der Waals surface area contributed by atoms with Crippen LogP contribution in [-0.4, -0.2) is 34.0 Å². The second kappa shape index (κ2) is 6.66. The smallest absolute Gasteiger partial charge is 0.0464 e. The highest BCUT2D eigenvalue weighted by Crippen LogP contribution is 2.33. The molecule has 0 aliphatic carbocycles. The highest BCUT2D eigenvalue weighted by molar-refractivity contribution is 8.06. The van der Waals surface area contributed by atoms with E-state index in [0.717, 1.165) is 6.54 Å². The third-order valence-corrected chi connectivity index (χ3v) is 5.76. The van der Waals surface area contributed by atoms with E-state index >= 15 is 0 Å². The number of nitrogens with one attached hydrogen (secondary N) is 1. The minimum atomic E-state index is 0.449. The maximum atomic E-state index is 4.33. The van der Waals surface area contributed by atoms with Crippen LogP contribution in [0.5, 0.6) is 0 Å². The Labute approximate surface area is 112 Å². The van der Waals surface area contributed by atoms with Gasteiger partial charge in [-0.1, -0.05) is 13.0 Å². The molecule has 0 bridgehead atoms. The van der Waals surface area contributed by atoms with Crippen LogP contribution in [0.3, 0.4) is 0 Å². The minimum Gasteiger partial charge on any atom is -0.309 e. The van der Waals surface area contributed by atoms with Crippen molar-refractivity contribution >= 4 is 23.5 Å². The van der Waals surface area contributed by atoms with E-state index in [0.29, 0.717) is 11.3 Å². The zero-order valence-electron chi connectivity index (χ0n) is 10.5. The van der Waals surface area contributed by atoms with Crippen molar-refractivity contribution in [3.63, 3.8) is 0 Å². The molecule has 1 saturated heterocycles. The van der Waals surface area contributed by atoms with Crippen LogP contribution in [0, 0.1) is 6.92 Å². The topological polar surface area (TPSA) is 24.9 Å². The molecule has 2 atom stereocenters. The van der Waals surface area contributed by atoms with Gasteiger partial charge in [-0.25, -0.2) is 0 Å². The number of pyridine rings is 1. The molecule has 1 aromatic rings. The van der Waals surface area contributed by atoms with Gasteiger partial charge in [0.1, 0.15) is 0 Å². The molecular weight excluding hydrogens is 248 g/mol. The van der Waals surface area contributed by atoms with Gasteiger partial charge in [0, 0.05) is 40.9 Å². The molecule has 2 heterocycles. The molecule has 4 heteroatoms. The Morgan fingerprint density at radius 3 is 3.00 bits per heavy atom. The molecule has 1 aliphatic heterocycles. The summed E-state index contributed by atoms with van der Waals surface area (Å²) in [5, 5.41) is 4.30. The Morgan fingerprint density at radius 2 is 2.35 bits per heavy atom. The number of aryl methyl sites for hydroxylation is 1. The third kappa shape index (κ3) is 3.63. The fourth-order valence-corrected chi connectivity index (χ4v) is 5.00. The zero-order valence-corrected chi connectivity index (χ0v) is 12.1. The molecule has 0 radical (unpaired) electrons. The summed E-state index contributed by atoms with van der Waals surface area (Å²) >= 11 is 4.18. The van der Waals surface area contributed by atoms with E-state index in [1.54, 1.807) is 0 Å². The molecule has 1 aromatic heterocycles. The predicted molar refractivity (Wildman–Crippen MR) is 79.0 cm³/mol. The van der Waals surface area contributed by atoms with Crippen molar-refractivity contribution in [1.29, 1.82) is 0 Å². The molecule has 0 aromatic carbocycles. The lowest BCUT2D eigenvalue weighted by Gasteiger charge is -2.30. The Morgan fingerprint density at radius 1 is 1.47 bits per heavy atom. The van der Waals surface area contributed by atoms with Gasteiger partial charge in [0.2, 0.25) is 0 Å². The van der Waals surface area contributed by atoms with Crippen LogP contribution >= 0.6 is 23.5 Å². The highest BCUT2D eigenvalue weighted by Gasteiger charge is 2.25. The first-order valence-electron chi connectivity index (χ1n) is 6.15. The molecule has 0 amide bonds. The van der Waals surface area contributed by atoms with Gasteiger partial charge in [-0.05, 0) is 24.6 Å². The standard InChI is InChI=1S/C13H20N2S2/c1-3-15-13(12-9-16-4-5-17-12)11-6-10(2)7-14-8-11/h6-8,12-13,15H,3-5,9H2,1-2H3. The van der Waals surface area contributed by atoms with Gasteiger partial charge < -0.3 is 5.32 Å². The predicted octanol–water partition coefficient (Wildman–Crippen LogP) is 2.89. The number of nitrogens with zero attached hydrogens (tertiary/aromatic N) is 1. The first-order valence-corrected chi connectivity index (χ1v) is 8.36. The number of hydrogen-bond donors (Lipinski definition) is 1. The van der Waals surface area contributed by atoms with Gasteiger partial charge in [0.25, 0.3) is 0 Å². The molecule has 1 fully saturated rings. The molecule has 1 N–H and O–H groups in total. The SMILES string of the molecule is CCNC(c1cncc(C)c1)C1CSCCS1. The van der Waals surface area contributed by atoms with Crippen molar-refractivity contribution < 1.29 is 0 Å². The summed E-state index contributed by atoms with van der Waals surface area (Å²) in [6, 6.07) is 2.71. The first-order chi connectivity index (χ1) is 8.31. The molecule has 0 spiro atoms. The summed E-state index contributed by atoms with van der Waals surface area (Å²) in [7, 11) is 0. The summed E-state index contributed by atoms with van der Waals surface area (Å²) in [4.78, 5) is 4.33. The lowest BCUT2D eigenvalue weighted by molar-refractivity contribution is 0.548. The molecule has 2 nitrogen and oxygen atoms in total. The largest absolute Gasteiger partial charge is 0.309 e. The van der Waals surface area contributed by atoms with E-state index in [9.17, 15) is 0 Å². The molecule has 94 valence electrons. The molecule has 0 saturated carbocycles. The Bertz CT molecular complexity index is 351. The lowest BCUT2D eigenvalue weighted by Crippen LogP contribution is -2.33. The summed E-state index contributed by atoms with van der Waals surface area (Å²) in [6.07, 6.45) is 3.94. The molecular formula is C13H20N2S2. The van der Waals surface area contributed by atoms with Gasteiger partial charge in [-0.15, -0.1) is 0 Å². The van der Waals surface area contributed by atoms with Crippen LogP contribution in [0.25, 0.3) is 0 Å². The number of hydrogen-bond acceptors (Lipinski definition) is 4. The molecule has 17 heavy (non-hydrogen) atoms. The van der Waals surface area contributed by atoms with Crippen molar-refractivity contribution in [2.75, 3.05) is 23.8 Å². The number of rotatable bonds is 4. The number of thioether (sulfide) groups is 2. The number of aromatic nitrogens is 1. The van der Waals surface area contributed by atoms with Crippen molar-refractivity contribution in [2.45, 2.75) is 25.1 Å². The van der Waals surface area contributed by atoms with E-state index in [1.165, 1.54) is 28.4 Å². The van der Waals surface area contributed by atoms with E-state index in [-0.39, 0.29) is 0 Å². The Hall–Kier alpha value is -0.190. The van der Waals surface area contributed by atoms with Gasteiger partial charge in [0.05, 0.1) is 0 Å². The minimum absolute atomic E-state index is 0.449. The van der Waals surface area contributed by atoms with Crippen molar-refractivity contribution in [3.05, 3.63) is 29.6 Å². The molecule has 2 unspecified atom stereocenters. The van der Waals surface area contributed by atoms with Gasteiger partial charge >= 0.3 is 0 Å². The second-order valence-electron chi connectivity index (χ2n) is 4.32. The average Bonchev–Trinajstić information content (AvgIpc) is 2.37. The van der Waals surface area contributed by atoms with E-state index in [1.807, 2.05) is 12.4 Å². The second-order valence-corrected chi connectivity index (χ2v) is 6.81.